The minimum atomic E-state index is -1.00. The standard InChI is InChI=1S/C13H14Cl2N2O4/c1-16-6-12(19)17(13(16)20)5-9(18)7-21-11-3-2-8(14)4-10(11)15/h2-4,9,18H,5-7H2,1H3/t9-/m1/s1. The molecule has 3 amide bonds. The molecule has 0 radical (unpaired) electrons. The first kappa shape index (κ1) is 15.9. The zero-order chi connectivity index (χ0) is 15.6. The van der Waals surface area contributed by atoms with E-state index < -0.39 is 12.1 Å². The van der Waals surface area contributed by atoms with Crippen LogP contribution in [0.3, 0.4) is 0 Å². The number of carbonyl (C=O) groups is 2. The molecule has 1 aromatic carbocycles. The lowest BCUT2D eigenvalue weighted by atomic mass is 10.3. The molecule has 0 spiro atoms. The summed E-state index contributed by atoms with van der Waals surface area (Å²) in [6.07, 6.45) is -1.00. The molecule has 1 aromatic rings. The maximum Gasteiger partial charge on any atom is 0.327 e. The number of benzene rings is 1. The van der Waals surface area contributed by atoms with Gasteiger partial charge in [0.15, 0.2) is 0 Å². The van der Waals surface area contributed by atoms with Crippen molar-refractivity contribution >= 4 is 35.1 Å². The summed E-state index contributed by atoms with van der Waals surface area (Å²) in [5.41, 5.74) is 0. The fourth-order valence-electron chi connectivity index (χ4n) is 1.89. The number of rotatable bonds is 5. The normalized spacial score (nSPS) is 16.6. The van der Waals surface area contributed by atoms with Crippen molar-refractivity contribution < 1.29 is 19.4 Å². The van der Waals surface area contributed by atoms with Crippen LogP contribution in [0.25, 0.3) is 0 Å². The summed E-state index contributed by atoms with van der Waals surface area (Å²) in [5, 5.41) is 10.7. The van der Waals surface area contributed by atoms with E-state index in [0.717, 1.165) is 4.90 Å². The summed E-state index contributed by atoms with van der Waals surface area (Å²) in [4.78, 5) is 25.5. The molecule has 1 saturated heterocycles. The van der Waals surface area contributed by atoms with Gasteiger partial charge < -0.3 is 14.7 Å². The number of likely N-dealkylation sites (N-methyl/N-ethyl adjacent to an activating group) is 1. The number of β-amino-alcohol motifs (C(OH)–C–C–N with tert-alkyl or cyclic N) is 1. The van der Waals surface area contributed by atoms with Gasteiger partial charge in [-0.05, 0) is 18.2 Å². The first-order chi connectivity index (χ1) is 9.88. The summed E-state index contributed by atoms with van der Waals surface area (Å²) < 4.78 is 5.36. The summed E-state index contributed by atoms with van der Waals surface area (Å²) in [7, 11) is 1.52. The average molecular weight is 333 g/mol. The third-order valence-electron chi connectivity index (χ3n) is 2.95. The SMILES string of the molecule is CN1CC(=O)N(C[C@@H](O)COc2ccc(Cl)cc2Cl)C1=O. The Balaban J connectivity index is 1.89. The summed E-state index contributed by atoms with van der Waals surface area (Å²) >= 11 is 11.7. The van der Waals surface area contributed by atoms with Crippen molar-refractivity contribution in [1.82, 2.24) is 9.80 Å². The molecular weight excluding hydrogens is 319 g/mol. The van der Waals surface area contributed by atoms with Gasteiger partial charge in [0, 0.05) is 12.1 Å². The molecule has 1 atom stereocenters. The summed E-state index contributed by atoms with van der Waals surface area (Å²) in [6.45, 7) is -0.190. The van der Waals surface area contributed by atoms with E-state index in [1.54, 1.807) is 12.1 Å². The van der Waals surface area contributed by atoms with Crippen LogP contribution in [0.4, 0.5) is 4.79 Å². The Morgan fingerprint density at radius 2 is 2.10 bits per heavy atom. The second-order valence-electron chi connectivity index (χ2n) is 4.68. The number of aliphatic hydroxyl groups is 1. The fourth-order valence-corrected chi connectivity index (χ4v) is 2.35. The highest BCUT2D eigenvalue weighted by Gasteiger charge is 2.34. The van der Waals surface area contributed by atoms with Crippen molar-refractivity contribution in [2.75, 3.05) is 26.7 Å². The largest absolute Gasteiger partial charge is 0.489 e. The van der Waals surface area contributed by atoms with E-state index in [2.05, 4.69) is 0 Å². The molecule has 0 bridgehead atoms. The second kappa shape index (κ2) is 6.51. The van der Waals surface area contributed by atoms with Crippen molar-refractivity contribution in [3.05, 3.63) is 28.2 Å². The number of aliphatic hydroxyl groups excluding tert-OH is 1. The smallest absolute Gasteiger partial charge is 0.327 e. The highest BCUT2D eigenvalue weighted by Crippen LogP contribution is 2.27. The van der Waals surface area contributed by atoms with Crippen LogP contribution in [0.5, 0.6) is 5.75 Å². The van der Waals surface area contributed by atoms with Crippen LogP contribution in [-0.2, 0) is 4.79 Å². The topological polar surface area (TPSA) is 70.1 Å². The Morgan fingerprint density at radius 3 is 2.67 bits per heavy atom. The minimum Gasteiger partial charge on any atom is -0.489 e. The molecular formula is C13H14Cl2N2O4. The molecule has 0 aliphatic carbocycles. The van der Waals surface area contributed by atoms with Crippen molar-refractivity contribution in [1.29, 1.82) is 0 Å². The molecule has 6 nitrogen and oxygen atoms in total. The van der Waals surface area contributed by atoms with Gasteiger partial charge in [0.25, 0.3) is 0 Å². The van der Waals surface area contributed by atoms with Gasteiger partial charge >= 0.3 is 6.03 Å². The number of carbonyl (C=O) groups excluding carboxylic acids is 2. The number of amides is 3. The molecule has 0 aromatic heterocycles. The number of urea groups is 1. The number of halogens is 2. The highest BCUT2D eigenvalue weighted by atomic mass is 35.5. The molecule has 2 rings (SSSR count). The maximum absolute atomic E-state index is 11.7. The van der Waals surface area contributed by atoms with Gasteiger partial charge in [-0.15, -0.1) is 0 Å². The fraction of sp³-hybridized carbons (Fsp3) is 0.385. The van der Waals surface area contributed by atoms with Gasteiger partial charge in [0.1, 0.15) is 25.0 Å². The van der Waals surface area contributed by atoms with Crippen LogP contribution in [0, 0.1) is 0 Å². The van der Waals surface area contributed by atoms with Gasteiger partial charge in [-0.3, -0.25) is 9.69 Å². The Labute approximate surface area is 131 Å². The predicted octanol–water partition coefficient (Wildman–Crippen LogP) is 1.63. The molecule has 1 heterocycles. The van der Waals surface area contributed by atoms with Crippen LogP contribution < -0.4 is 4.74 Å². The lowest BCUT2D eigenvalue weighted by Crippen LogP contribution is -2.40. The van der Waals surface area contributed by atoms with Gasteiger partial charge in [-0.2, -0.15) is 0 Å². The average Bonchev–Trinajstić information content (AvgIpc) is 2.64. The van der Waals surface area contributed by atoms with E-state index in [-0.39, 0.29) is 25.6 Å². The Kier molecular flexibility index (Phi) is 4.92. The monoisotopic (exact) mass is 332 g/mol. The molecule has 8 heteroatoms. The Morgan fingerprint density at radius 1 is 1.38 bits per heavy atom. The van der Waals surface area contributed by atoms with Gasteiger partial charge in [0.2, 0.25) is 5.91 Å². The van der Waals surface area contributed by atoms with Gasteiger partial charge in [-0.25, -0.2) is 4.79 Å². The number of ether oxygens (including phenoxy) is 1. The Bertz CT molecular complexity index is 567. The van der Waals surface area contributed by atoms with Crippen molar-refractivity contribution in [3.8, 4) is 5.75 Å². The zero-order valence-electron chi connectivity index (χ0n) is 11.3. The molecule has 1 aliphatic rings. The Hall–Kier alpha value is -1.50. The molecule has 0 unspecified atom stereocenters. The first-order valence-corrected chi connectivity index (χ1v) is 6.95. The molecule has 114 valence electrons. The van der Waals surface area contributed by atoms with E-state index in [1.165, 1.54) is 18.0 Å². The summed E-state index contributed by atoms with van der Waals surface area (Å²) in [6, 6.07) is 4.28. The van der Waals surface area contributed by atoms with Crippen LogP contribution in [0.2, 0.25) is 10.0 Å². The molecule has 21 heavy (non-hydrogen) atoms. The van der Waals surface area contributed by atoms with Gasteiger partial charge in [-0.1, -0.05) is 23.2 Å². The molecule has 1 N–H and O–H groups in total. The van der Waals surface area contributed by atoms with Crippen LogP contribution >= 0.6 is 23.2 Å². The zero-order valence-corrected chi connectivity index (χ0v) is 12.8. The maximum atomic E-state index is 11.7. The lowest BCUT2D eigenvalue weighted by molar-refractivity contribution is -0.126. The van der Waals surface area contributed by atoms with E-state index in [4.69, 9.17) is 27.9 Å². The highest BCUT2D eigenvalue weighted by molar-refractivity contribution is 6.35. The minimum absolute atomic E-state index is 0.0232. The summed E-state index contributed by atoms with van der Waals surface area (Å²) in [5.74, 6) is 0.0300. The van der Waals surface area contributed by atoms with Crippen LogP contribution in [-0.4, -0.2) is 59.7 Å². The van der Waals surface area contributed by atoms with Crippen molar-refractivity contribution in [2.24, 2.45) is 0 Å². The number of hydrogen-bond donors (Lipinski definition) is 1. The predicted molar refractivity (Wildman–Crippen MR) is 77.7 cm³/mol. The van der Waals surface area contributed by atoms with Crippen molar-refractivity contribution in [3.63, 3.8) is 0 Å². The third-order valence-corrected chi connectivity index (χ3v) is 3.48. The first-order valence-electron chi connectivity index (χ1n) is 6.20. The third kappa shape index (κ3) is 3.78. The van der Waals surface area contributed by atoms with E-state index in [9.17, 15) is 14.7 Å². The lowest BCUT2D eigenvalue weighted by Gasteiger charge is -2.19. The van der Waals surface area contributed by atoms with Crippen LogP contribution in [0.15, 0.2) is 18.2 Å². The molecule has 1 fully saturated rings. The van der Waals surface area contributed by atoms with Crippen molar-refractivity contribution in [2.45, 2.75) is 6.10 Å². The quantitative estimate of drug-likeness (QED) is 0.832. The van der Waals surface area contributed by atoms with Gasteiger partial charge in [0.05, 0.1) is 11.6 Å². The second-order valence-corrected chi connectivity index (χ2v) is 5.53. The molecule has 0 saturated carbocycles. The number of nitrogens with zero attached hydrogens (tertiary/aromatic N) is 2. The number of imide groups is 1. The molecule has 1 aliphatic heterocycles. The van der Waals surface area contributed by atoms with E-state index in [1.807, 2.05) is 0 Å². The number of hydrogen-bond acceptors (Lipinski definition) is 4. The van der Waals surface area contributed by atoms with E-state index >= 15 is 0 Å². The van der Waals surface area contributed by atoms with Crippen LogP contribution in [0.1, 0.15) is 0 Å². The van der Waals surface area contributed by atoms with E-state index in [0.29, 0.717) is 15.8 Å².